The Hall–Kier alpha value is -1.33. The van der Waals surface area contributed by atoms with E-state index in [-0.39, 0.29) is 0 Å². The van der Waals surface area contributed by atoms with Crippen LogP contribution in [-0.2, 0) is 0 Å². The van der Waals surface area contributed by atoms with E-state index in [1.807, 2.05) is 0 Å². The molecule has 0 spiro atoms. The van der Waals surface area contributed by atoms with Gasteiger partial charge in [-0.15, -0.1) is 0 Å². The summed E-state index contributed by atoms with van der Waals surface area (Å²) in [6, 6.07) is 0. The maximum absolute atomic E-state index is 12.6. The molecular weight excluding hydrogens is 199 g/mol. The average Bonchev–Trinajstić information content (AvgIpc) is 2.02. The van der Waals surface area contributed by atoms with E-state index in [1.165, 1.54) is 19.1 Å². The molecule has 0 aromatic rings. The Labute approximate surface area is 78.1 Å². The highest BCUT2D eigenvalue weighted by Crippen LogP contribution is 2.42. The van der Waals surface area contributed by atoms with Crippen LogP contribution < -0.4 is 0 Å². The second kappa shape index (κ2) is 3.11. The Bertz CT molecular complexity index is 308. The molecule has 0 aliphatic heterocycles. The zero-order valence-electron chi connectivity index (χ0n) is 7.28. The molecule has 0 radical (unpaired) electrons. The topological polar surface area (TPSA) is 43.1 Å². The fraction of sp³-hybridized carbons (Fsp3) is 0.500. The Kier molecular flexibility index (Phi) is 2.39. The van der Waals surface area contributed by atoms with Gasteiger partial charge >= 0.3 is 11.7 Å². The van der Waals surface area contributed by atoms with Crippen LogP contribution in [0.25, 0.3) is 0 Å². The normalized spacial score (nSPS) is 31.9. The van der Waals surface area contributed by atoms with Gasteiger partial charge in [-0.05, 0) is 0 Å². The third kappa shape index (κ3) is 1.30. The van der Waals surface area contributed by atoms with Gasteiger partial charge in [-0.3, -0.25) is 10.1 Å². The highest BCUT2D eigenvalue weighted by Gasteiger charge is 2.67. The summed E-state index contributed by atoms with van der Waals surface area (Å²) in [4.78, 5) is 9.25. The Morgan fingerprint density at radius 2 is 2.00 bits per heavy atom. The number of halogens is 3. The van der Waals surface area contributed by atoms with Gasteiger partial charge in [0, 0.05) is 11.0 Å². The molecule has 1 aliphatic carbocycles. The number of allylic oxidation sites excluding steroid dienone is 2. The van der Waals surface area contributed by atoms with Crippen LogP contribution in [0.4, 0.5) is 13.2 Å². The van der Waals surface area contributed by atoms with Gasteiger partial charge in [-0.1, -0.05) is 25.2 Å². The van der Waals surface area contributed by atoms with Gasteiger partial charge in [0.1, 0.15) is 0 Å². The van der Waals surface area contributed by atoms with E-state index in [9.17, 15) is 23.3 Å². The van der Waals surface area contributed by atoms with Gasteiger partial charge in [0.25, 0.3) is 0 Å². The monoisotopic (exact) mass is 207 g/mol. The molecule has 0 heterocycles. The van der Waals surface area contributed by atoms with Crippen molar-refractivity contribution in [3.63, 3.8) is 0 Å². The second-order valence-corrected chi connectivity index (χ2v) is 3.11. The number of nitro groups is 1. The minimum absolute atomic E-state index is 0.595. The van der Waals surface area contributed by atoms with Crippen LogP contribution in [0.15, 0.2) is 24.3 Å². The van der Waals surface area contributed by atoms with Crippen molar-refractivity contribution >= 4 is 0 Å². The lowest BCUT2D eigenvalue weighted by atomic mass is 9.82. The van der Waals surface area contributed by atoms with Crippen molar-refractivity contribution in [2.24, 2.45) is 5.92 Å². The molecule has 2 atom stereocenters. The summed E-state index contributed by atoms with van der Waals surface area (Å²) in [7, 11) is 0. The third-order valence-corrected chi connectivity index (χ3v) is 2.31. The van der Waals surface area contributed by atoms with Gasteiger partial charge in [0.15, 0.2) is 0 Å². The van der Waals surface area contributed by atoms with Gasteiger partial charge in [0.2, 0.25) is 0 Å². The molecule has 1 aliphatic rings. The van der Waals surface area contributed by atoms with Crippen LogP contribution in [0.5, 0.6) is 0 Å². The largest absolute Gasteiger partial charge is 0.465 e. The van der Waals surface area contributed by atoms with E-state index in [1.54, 1.807) is 0 Å². The molecule has 78 valence electrons. The first-order valence-electron chi connectivity index (χ1n) is 3.89. The van der Waals surface area contributed by atoms with Crippen molar-refractivity contribution in [2.45, 2.75) is 18.6 Å². The molecule has 0 saturated carbocycles. The van der Waals surface area contributed by atoms with Crippen molar-refractivity contribution in [1.82, 2.24) is 0 Å². The molecule has 0 aromatic carbocycles. The number of hydrogen-bond acceptors (Lipinski definition) is 2. The minimum Gasteiger partial charge on any atom is -0.263 e. The van der Waals surface area contributed by atoms with Gasteiger partial charge in [0.05, 0.1) is 5.92 Å². The highest BCUT2D eigenvalue weighted by atomic mass is 19.4. The molecule has 6 heteroatoms. The maximum Gasteiger partial charge on any atom is 0.465 e. The molecule has 0 bridgehead atoms. The molecule has 0 amide bonds. The first-order chi connectivity index (χ1) is 6.32. The van der Waals surface area contributed by atoms with Crippen molar-refractivity contribution in [3.05, 3.63) is 34.4 Å². The Morgan fingerprint density at radius 1 is 1.43 bits per heavy atom. The van der Waals surface area contributed by atoms with Crippen LogP contribution in [0.3, 0.4) is 0 Å². The van der Waals surface area contributed by atoms with E-state index in [0.717, 1.165) is 6.08 Å². The summed E-state index contributed by atoms with van der Waals surface area (Å²) >= 11 is 0. The Morgan fingerprint density at radius 3 is 2.29 bits per heavy atom. The zero-order chi connectivity index (χ0) is 11.0. The lowest BCUT2D eigenvalue weighted by Crippen LogP contribution is -2.55. The lowest BCUT2D eigenvalue weighted by molar-refractivity contribution is -0.605. The van der Waals surface area contributed by atoms with Crippen LogP contribution in [-0.4, -0.2) is 16.6 Å². The van der Waals surface area contributed by atoms with Crippen molar-refractivity contribution in [1.29, 1.82) is 0 Å². The number of nitrogens with zero attached hydrogens (tertiary/aromatic N) is 1. The van der Waals surface area contributed by atoms with Gasteiger partial charge in [-0.25, -0.2) is 0 Å². The summed E-state index contributed by atoms with van der Waals surface area (Å²) in [6.45, 7) is 1.18. The fourth-order valence-electron chi connectivity index (χ4n) is 1.41. The van der Waals surface area contributed by atoms with E-state index in [0.29, 0.717) is 6.08 Å². The maximum atomic E-state index is 12.6. The summed E-state index contributed by atoms with van der Waals surface area (Å²) in [5.41, 5.74) is -2.97. The standard InChI is InChI=1S/C8H8F3NO2/c1-6-4-2-3-5-7(6,12(13)14)8(9,10)11/h2-6H,1H3. The van der Waals surface area contributed by atoms with Crippen LogP contribution >= 0.6 is 0 Å². The van der Waals surface area contributed by atoms with E-state index >= 15 is 0 Å². The number of alkyl halides is 3. The van der Waals surface area contributed by atoms with Crippen LogP contribution in [0, 0.1) is 16.0 Å². The smallest absolute Gasteiger partial charge is 0.263 e. The first kappa shape index (κ1) is 10.7. The average molecular weight is 207 g/mol. The summed E-state index contributed by atoms with van der Waals surface area (Å²) < 4.78 is 37.7. The summed E-state index contributed by atoms with van der Waals surface area (Å²) in [5.74, 6) is -1.19. The lowest BCUT2D eigenvalue weighted by Gasteiger charge is -2.29. The third-order valence-electron chi connectivity index (χ3n) is 2.31. The molecule has 14 heavy (non-hydrogen) atoms. The SMILES string of the molecule is CC1C=CC=CC1([N+](=O)[O-])C(F)(F)F. The molecule has 1 rings (SSSR count). The molecule has 0 N–H and O–H groups in total. The molecular formula is C8H8F3NO2. The van der Waals surface area contributed by atoms with Crippen LogP contribution in [0.1, 0.15) is 6.92 Å². The molecule has 3 nitrogen and oxygen atoms in total. The first-order valence-corrected chi connectivity index (χ1v) is 3.89. The quantitative estimate of drug-likeness (QED) is 0.489. The molecule has 2 unspecified atom stereocenters. The molecule has 0 saturated heterocycles. The molecule has 0 fully saturated rings. The van der Waals surface area contributed by atoms with Crippen molar-refractivity contribution in [3.8, 4) is 0 Å². The number of rotatable bonds is 1. The zero-order valence-corrected chi connectivity index (χ0v) is 7.28. The van der Waals surface area contributed by atoms with Gasteiger partial charge < -0.3 is 0 Å². The number of hydrogen-bond donors (Lipinski definition) is 0. The molecule has 0 aromatic heterocycles. The van der Waals surface area contributed by atoms with Crippen molar-refractivity contribution in [2.75, 3.05) is 0 Å². The highest BCUT2D eigenvalue weighted by molar-refractivity contribution is 5.23. The predicted molar refractivity (Wildman–Crippen MR) is 43.2 cm³/mol. The predicted octanol–water partition coefficient (Wildman–Crippen LogP) is 2.33. The summed E-state index contributed by atoms with van der Waals surface area (Å²) in [5, 5.41) is 10.5. The van der Waals surface area contributed by atoms with E-state index in [2.05, 4.69) is 0 Å². The van der Waals surface area contributed by atoms with E-state index < -0.39 is 22.6 Å². The minimum atomic E-state index is -4.88. The van der Waals surface area contributed by atoms with Crippen molar-refractivity contribution < 1.29 is 18.1 Å². The van der Waals surface area contributed by atoms with Crippen LogP contribution in [0.2, 0.25) is 0 Å². The fourth-order valence-corrected chi connectivity index (χ4v) is 1.41. The summed E-state index contributed by atoms with van der Waals surface area (Å²) in [6.07, 6.45) is -0.681. The Balaban J connectivity index is 3.25. The second-order valence-electron chi connectivity index (χ2n) is 3.11. The van der Waals surface area contributed by atoms with Gasteiger partial charge in [-0.2, -0.15) is 13.2 Å². The van der Waals surface area contributed by atoms with E-state index in [4.69, 9.17) is 0 Å².